The lowest BCUT2D eigenvalue weighted by Crippen LogP contribution is -2.31. The Morgan fingerprint density at radius 1 is 1.30 bits per heavy atom. The van der Waals surface area contributed by atoms with E-state index in [-0.39, 0.29) is 34.9 Å². The number of anilines is 1. The minimum Gasteiger partial charge on any atom is -0.506 e. The van der Waals surface area contributed by atoms with Gasteiger partial charge in [0.15, 0.2) is 5.82 Å². The van der Waals surface area contributed by atoms with Gasteiger partial charge in [-0.15, -0.1) is 0 Å². The zero-order chi connectivity index (χ0) is 21.7. The van der Waals surface area contributed by atoms with Crippen LogP contribution in [0.2, 0.25) is 0 Å². The molecule has 1 saturated heterocycles. The van der Waals surface area contributed by atoms with E-state index in [0.717, 1.165) is 0 Å². The van der Waals surface area contributed by atoms with Crippen LogP contribution in [0.5, 0.6) is 11.5 Å². The first kappa shape index (κ1) is 20.6. The number of phenolic OH excluding ortho intramolecular Hbond substituents is 1. The number of carbonyl (C=O) groups is 1. The van der Waals surface area contributed by atoms with Gasteiger partial charge in [0.25, 0.3) is 5.91 Å². The Kier molecular flexibility index (Phi) is 4.98. The van der Waals surface area contributed by atoms with Crippen molar-refractivity contribution in [2.75, 3.05) is 24.0 Å². The van der Waals surface area contributed by atoms with Crippen LogP contribution in [-0.4, -0.2) is 52.8 Å². The van der Waals surface area contributed by atoms with Gasteiger partial charge in [-0.05, 0) is 36.4 Å². The number of ether oxygens (including phenoxy) is 1. The highest BCUT2D eigenvalue weighted by Gasteiger charge is 2.38. The van der Waals surface area contributed by atoms with Crippen LogP contribution in [0.15, 0.2) is 24.3 Å². The summed E-state index contributed by atoms with van der Waals surface area (Å²) < 4.78 is 72.8. The van der Waals surface area contributed by atoms with Crippen molar-refractivity contribution in [2.45, 2.75) is 18.1 Å². The van der Waals surface area contributed by atoms with Crippen LogP contribution in [0.3, 0.4) is 0 Å². The molecule has 1 aliphatic carbocycles. The van der Waals surface area contributed by atoms with Crippen molar-refractivity contribution in [3.63, 3.8) is 0 Å². The van der Waals surface area contributed by atoms with Crippen molar-refractivity contribution in [1.29, 1.82) is 0 Å². The molecule has 2 aliphatic rings. The summed E-state index contributed by atoms with van der Waals surface area (Å²) in [6.45, 7) is -0.613. The number of rotatable bonds is 7. The van der Waals surface area contributed by atoms with E-state index >= 15 is 4.39 Å². The third-order valence-electron chi connectivity index (χ3n) is 4.71. The number of hydrogen-bond donors (Lipinski definition) is 3. The predicted molar refractivity (Wildman–Crippen MR) is 105 cm³/mol. The molecular formula is C17H18FN3O7S2. The number of sulfonamides is 1. The summed E-state index contributed by atoms with van der Waals surface area (Å²) in [6.07, 6.45) is 1.28. The molecule has 0 spiro atoms. The summed E-state index contributed by atoms with van der Waals surface area (Å²) in [5.74, 6) is -2.30. The molecule has 2 fully saturated rings. The largest absolute Gasteiger partial charge is 0.506 e. The average molecular weight is 459 g/mol. The van der Waals surface area contributed by atoms with Gasteiger partial charge in [-0.1, -0.05) is 6.07 Å². The Balaban J connectivity index is 1.57. The van der Waals surface area contributed by atoms with Crippen LogP contribution in [0.1, 0.15) is 12.8 Å². The number of nitrogens with zero attached hydrogens (tertiary/aromatic N) is 1. The van der Waals surface area contributed by atoms with Crippen LogP contribution < -0.4 is 18.5 Å². The van der Waals surface area contributed by atoms with Gasteiger partial charge in [0.2, 0.25) is 10.0 Å². The lowest BCUT2D eigenvalue weighted by atomic mass is 10.1. The second-order valence-electron chi connectivity index (χ2n) is 6.97. The summed E-state index contributed by atoms with van der Waals surface area (Å²) in [5.41, 5.74) is -0.643. The third-order valence-corrected chi connectivity index (χ3v) is 8.04. The molecule has 0 atom stereocenters. The Labute approximate surface area is 171 Å². The fourth-order valence-corrected chi connectivity index (χ4v) is 5.65. The number of halogens is 1. The number of aromatic hydroxyl groups is 1. The zero-order valence-electron chi connectivity index (χ0n) is 15.5. The predicted octanol–water partition coefficient (Wildman–Crippen LogP) is 0.326. The first-order valence-electron chi connectivity index (χ1n) is 8.98. The summed E-state index contributed by atoms with van der Waals surface area (Å²) >= 11 is 0. The Bertz CT molecular complexity index is 1240. The van der Waals surface area contributed by atoms with Gasteiger partial charge in [0.1, 0.15) is 30.3 Å². The normalized spacial score (nSPS) is 18.6. The van der Waals surface area contributed by atoms with E-state index in [0.29, 0.717) is 17.1 Å². The standard InChI is InChI=1S/C17H18FN3O7S2/c18-16-13-8-11(28-6-5-19-29(24,25)12-3-4-12)2-1-10(13)7-14(22)17(16)21-9-15(23)20-30(21,26)27/h1-2,7-8,12,19,22H,3-6,9H2,(H,20,23). The minimum atomic E-state index is -4.31. The monoisotopic (exact) mass is 459 g/mol. The van der Waals surface area contributed by atoms with E-state index in [1.165, 1.54) is 24.3 Å². The lowest BCUT2D eigenvalue weighted by molar-refractivity contribution is -0.117. The molecule has 2 aromatic rings. The first-order valence-corrected chi connectivity index (χ1v) is 12.0. The maximum atomic E-state index is 15.1. The highest BCUT2D eigenvalue weighted by Crippen LogP contribution is 2.39. The summed E-state index contributed by atoms with van der Waals surface area (Å²) in [5, 5.41) is 10.1. The van der Waals surface area contributed by atoms with E-state index in [1.807, 2.05) is 0 Å². The molecule has 1 aliphatic heterocycles. The average Bonchev–Trinajstić information content (AvgIpc) is 3.46. The minimum absolute atomic E-state index is 0.00292. The van der Waals surface area contributed by atoms with Crippen LogP contribution >= 0.6 is 0 Å². The molecule has 1 heterocycles. The van der Waals surface area contributed by atoms with Gasteiger partial charge in [-0.3, -0.25) is 4.79 Å². The molecule has 0 unspecified atom stereocenters. The van der Waals surface area contributed by atoms with Crippen LogP contribution in [0.25, 0.3) is 10.8 Å². The quantitative estimate of drug-likeness (QED) is 0.507. The topological polar surface area (TPSA) is 142 Å². The number of amides is 1. The number of fused-ring (bicyclic) bond motifs is 1. The van der Waals surface area contributed by atoms with Gasteiger partial charge < -0.3 is 9.84 Å². The Hall–Kier alpha value is -2.64. The maximum Gasteiger partial charge on any atom is 0.326 e. The van der Waals surface area contributed by atoms with Gasteiger partial charge in [-0.2, -0.15) is 8.42 Å². The number of benzene rings is 2. The Morgan fingerprint density at radius 2 is 2.03 bits per heavy atom. The number of phenols is 1. The molecular weight excluding hydrogens is 441 g/mol. The molecule has 10 nitrogen and oxygen atoms in total. The molecule has 30 heavy (non-hydrogen) atoms. The second kappa shape index (κ2) is 7.25. The van der Waals surface area contributed by atoms with Crippen molar-refractivity contribution < 1.29 is 35.9 Å². The van der Waals surface area contributed by atoms with Crippen molar-refractivity contribution in [3.05, 3.63) is 30.1 Å². The maximum absolute atomic E-state index is 15.1. The van der Waals surface area contributed by atoms with E-state index in [9.17, 15) is 26.7 Å². The summed E-state index contributed by atoms with van der Waals surface area (Å²) in [6, 6.07) is 5.46. The van der Waals surface area contributed by atoms with Crippen molar-refractivity contribution in [1.82, 2.24) is 9.44 Å². The molecule has 3 N–H and O–H groups in total. The van der Waals surface area contributed by atoms with Crippen molar-refractivity contribution in [3.8, 4) is 11.5 Å². The van der Waals surface area contributed by atoms with Gasteiger partial charge in [0.05, 0.1) is 5.25 Å². The number of carbonyl (C=O) groups excluding carboxylic acids is 1. The smallest absolute Gasteiger partial charge is 0.326 e. The van der Waals surface area contributed by atoms with E-state index in [2.05, 4.69) is 4.72 Å². The van der Waals surface area contributed by atoms with Crippen LogP contribution in [0.4, 0.5) is 10.1 Å². The van der Waals surface area contributed by atoms with Gasteiger partial charge in [-0.25, -0.2) is 26.6 Å². The fourth-order valence-electron chi connectivity index (χ4n) is 3.13. The third kappa shape index (κ3) is 3.87. The lowest BCUT2D eigenvalue weighted by Gasteiger charge is -2.18. The molecule has 13 heteroatoms. The molecule has 2 aromatic carbocycles. The molecule has 0 aromatic heterocycles. The molecule has 0 bridgehead atoms. The zero-order valence-corrected chi connectivity index (χ0v) is 17.1. The van der Waals surface area contributed by atoms with E-state index < -0.39 is 49.9 Å². The summed E-state index contributed by atoms with van der Waals surface area (Å²) in [4.78, 5) is 11.4. The molecule has 4 rings (SSSR count). The van der Waals surface area contributed by atoms with E-state index in [4.69, 9.17) is 4.74 Å². The van der Waals surface area contributed by atoms with Crippen LogP contribution in [0, 0.1) is 5.82 Å². The van der Waals surface area contributed by atoms with Crippen molar-refractivity contribution >= 4 is 42.6 Å². The van der Waals surface area contributed by atoms with Gasteiger partial charge in [0, 0.05) is 11.9 Å². The molecule has 1 saturated carbocycles. The van der Waals surface area contributed by atoms with E-state index in [1.54, 1.807) is 4.72 Å². The molecule has 1 amide bonds. The first-order chi connectivity index (χ1) is 14.1. The second-order valence-corrected chi connectivity index (χ2v) is 10.6. The number of hydrogen-bond acceptors (Lipinski definition) is 7. The fraction of sp³-hybridized carbons (Fsp3) is 0.353. The SMILES string of the molecule is O=C1CN(c2c(O)cc3ccc(OCCNS(=O)(=O)C4CC4)cc3c2F)S(=O)(=O)N1. The molecule has 162 valence electrons. The number of nitrogens with one attached hydrogen (secondary N) is 2. The summed E-state index contributed by atoms with van der Waals surface area (Å²) in [7, 11) is -7.64. The highest BCUT2D eigenvalue weighted by molar-refractivity contribution is 7.92. The van der Waals surface area contributed by atoms with Crippen molar-refractivity contribution in [2.24, 2.45) is 0 Å². The Morgan fingerprint density at radius 3 is 2.67 bits per heavy atom. The highest BCUT2D eigenvalue weighted by atomic mass is 32.2. The molecule has 0 radical (unpaired) electrons. The van der Waals surface area contributed by atoms with Crippen LogP contribution in [-0.2, 0) is 25.0 Å². The van der Waals surface area contributed by atoms with Gasteiger partial charge >= 0.3 is 10.2 Å².